The predicted octanol–water partition coefficient (Wildman–Crippen LogP) is 7.39. The van der Waals surface area contributed by atoms with Gasteiger partial charge in [-0.25, -0.2) is 0 Å². The van der Waals surface area contributed by atoms with E-state index in [1.54, 1.807) is 14.4 Å². The summed E-state index contributed by atoms with van der Waals surface area (Å²) in [4.78, 5) is 0. The average molecular weight is 571 g/mol. The van der Waals surface area contributed by atoms with E-state index in [-0.39, 0.29) is 24.8 Å². The Morgan fingerprint density at radius 3 is 1.97 bits per heavy atom. The monoisotopic (exact) mass is 568 g/mol. The van der Waals surface area contributed by atoms with Gasteiger partial charge in [0.25, 0.3) is 0 Å². The third kappa shape index (κ3) is 5.31. The maximum absolute atomic E-state index is 6.12. The Morgan fingerprint density at radius 2 is 1.45 bits per heavy atom. The van der Waals surface area contributed by atoms with Gasteiger partial charge in [-0.05, 0) is 0 Å². The first-order valence-electron chi connectivity index (χ1n) is 10.8. The molecule has 2 aromatic carbocycles. The van der Waals surface area contributed by atoms with Gasteiger partial charge in [0.05, 0.1) is 0 Å². The molecule has 0 N–H and O–H groups in total. The van der Waals surface area contributed by atoms with Gasteiger partial charge in [0.2, 0.25) is 0 Å². The van der Waals surface area contributed by atoms with E-state index in [1.165, 1.54) is 16.7 Å². The molecule has 0 fully saturated rings. The molecule has 0 aromatic heterocycles. The Balaban J connectivity index is 0.00000171. The molecule has 2 aromatic rings. The summed E-state index contributed by atoms with van der Waals surface area (Å²) in [6.45, 7) is 10.1. The second kappa shape index (κ2) is 9.56. The molecule has 0 heterocycles. The number of hydrogen-bond donors (Lipinski definition) is 0. The van der Waals surface area contributed by atoms with Crippen molar-refractivity contribution in [1.29, 1.82) is 0 Å². The Bertz CT molecular complexity index is 1050. The van der Waals surface area contributed by atoms with E-state index in [9.17, 15) is 0 Å². The van der Waals surface area contributed by atoms with Crippen LogP contribution in [-0.4, -0.2) is 21.8 Å². The van der Waals surface area contributed by atoms with Gasteiger partial charge in [-0.2, -0.15) is 0 Å². The molecular weight excluding hydrogens is 535 g/mol. The molecule has 2 aliphatic carbocycles. The van der Waals surface area contributed by atoms with Crippen molar-refractivity contribution < 1.29 is 21.8 Å². The molecule has 0 unspecified atom stereocenters. The van der Waals surface area contributed by atoms with Crippen LogP contribution in [0.25, 0.3) is 11.1 Å². The smallest absolute Gasteiger partial charge is 0.147 e. The van der Waals surface area contributed by atoms with E-state index in [4.69, 9.17) is 4.43 Å². The van der Waals surface area contributed by atoms with E-state index in [0.29, 0.717) is 3.63 Å². The summed E-state index contributed by atoms with van der Waals surface area (Å²) in [5.41, 5.74) is 7.54. The molecule has 0 atom stereocenters. The van der Waals surface area contributed by atoms with Gasteiger partial charge in [-0.1, -0.05) is 0 Å². The third-order valence-electron chi connectivity index (χ3n) is 6.68. The summed E-state index contributed by atoms with van der Waals surface area (Å²) >= 11 is -3.23. The maximum atomic E-state index is 6.12. The average Bonchev–Trinajstić information content (AvgIpc) is 3.24. The zero-order chi connectivity index (χ0) is 20.9. The van der Waals surface area contributed by atoms with Crippen LogP contribution in [0.5, 0.6) is 0 Å². The van der Waals surface area contributed by atoms with Gasteiger partial charge in [-0.15, -0.1) is 24.8 Å². The summed E-state index contributed by atoms with van der Waals surface area (Å²) in [6.07, 6.45) is 7.24. The Kier molecular flexibility index (Phi) is 8.34. The molecule has 0 saturated carbocycles. The molecule has 0 radical (unpaired) electrons. The standard InChI is InChI=1S/C13H9.C10H17OSi.2CH3.2ClH.H2Si.Zr/c1-3-7-12-10(5-1)9-11-6-2-4-8-13(11)12;1-12(2,3)11-9-8-10-6-4-5-7-10;;;;;;/h1-9H;6-7H,4,8-9H2,1-3H3;2*1H3;2*1H;1H2;. The summed E-state index contributed by atoms with van der Waals surface area (Å²) in [7, 11) is -1.43. The van der Waals surface area contributed by atoms with Gasteiger partial charge in [-0.3, -0.25) is 0 Å². The molecule has 0 amide bonds. The van der Waals surface area contributed by atoms with E-state index in [2.05, 4.69) is 96.5 Å². The van der Waals surface area contributed by atoms with Crippen LogP contribution in [0.4, 0.5) is 0 Å². The van der Waals surface area contributed by atoms with Crippen LogP contribution in [0.3, 0.4) is 0 Å². The topological polar surface area (TPSA) is 9.23 Å². The fourth-order valence-electron chi connectivity index (χ4n) is 5.14. The summed E-state index contributed by atoms with van der Waals surface area (Å²) in [6, 6.07) is 18.3. The molecule has 168 valence electrons. The van der Waals surface area contributed by atoms with Crippen LogP contribution in [0.15, 0.2) is 69.5 Å². The van der Waals surface area contributed by atoms with Gasteiger partial charge in [0.15, 0.2) is 0 Å². The Labute approximate surface area is 204 Å². The largest absolute Gasteiger partial charge is 0.147 e. The first-order chi connectivity index (χ1) is 13.6. The van der Waals surface area contributed by atoms with Gasteiger partial charge >= 0.3 is 181 Å². The van der Waals surface area contributed by atoms with E-state index in [1.807, 2.05) is 0 Å². The first-order valence-corrected chi connectivity index (χ1v) is 27.7. The number of halogens is 2. The molecule has 0 bridgehead atoms. The van der Waals surface area contributed by atoms with Crippen LogP contribution in [0.1, 0.15) is 27.6 Å². The molecule has 1 nitrogen and oxygen atoms in total. The quantitative estimate of drug-likeness (QED) is 0.329. The van der Waals surface area contributed by atoms with Gasteiger partial charge < -0.3 is 0 Å². The van der Waals surface area contributed by atoms with Crippen molar-refractivity contribution >= 4 is 40.0 Å². The van der Waals surface area contributed by atoms with Crippen molar-refractivity contribution in [3.05, 3.63) is 80.7 Å². The predicted molar refractivity (Wildman–Crippen MR) is 143 cm³/mol. The second-order valence-corrected chi connectivity index (χ2v) is 45.0. The zero-order valence-corrected chi connectivity index (χ0v) is 25.9. The third-order valence-corrected chi connectivity index (χ3v) is 25.0. The minimum Gasteiger partial charge on any atom is -0.147 e. The summed E-state index contributed by atoms with van der Waals surface area (Å²) < 4.78 is 13.8. The van der Waals surface area contributed by atoms with E-state index < -0.39 is 25.7 Å². The fourth-order valence-corrected chi connectivity index (χ4v) is 20.5. The van der Waals surface area contributed by atoms with E-state index >= 15 is 0 Å². The molecule has 2 aliphatic rings. The van der Waals surface area contributed by atoms with Crippen LogP contribution < -0.4 is 0 Å². The SMILES string of the molecule is C[Si](C)(C)OCCC1=CC[C]([Zr]([CH3])([CH3])(=[SiH2])[CH]2c3ccccc3-c3ccccc32)=C1.Cl.Cl. The zero-order valence-electron chi connectivity index (χ0n) is 19.4. The first kappa shape index (κ1) is 27.0. The van der Waals surface area contributed by atoms with Gasteiger partial charge in [0, 0.05) is 0 Å². The maximum Gasteiger partial charge on any atom is -0.147 e. The number of fused-ring (bicyclic) bond motifs is 3. The molecule has 4 rings (SSSR count). The van der Waals surface area contributed by atoms with Crippen molar-refractivity contribution in [1.82, 2.24) is 0 Å². The van der Waals surface area contributed by atoms with Crippen molar-refractivity contribution in [2.24, 2.45) is 0 Å². The van der Waals surface area contributed by atoms with Crippen molar-refractivity contribution in [2.45, 2.75) is 45.4 Å². The molecule has 0 spiro atoms. The van der Waals surface area contributed by atoms with Crippen molar-refractivity contribution in [3.8, 4) is 11.1 Å². The van der Waals surface area contributed by atoms with Crippen LogP contribution in [0, 0.1) is 0 Å². The molecular formula is C25H36Cl2OSi2Zr. The normalized spacial score (nSPS) is 15.9. The number of allylic oxidation sites excluding steroid dienone is 3. The van der Waals surface area contributed by atoms with Crippen LogP contribution in [0.2, 0.25) is 28.9 Å². The Hall–Kier alpha value is -0.223. The number of benzene rings is 2. The summed E-state index contributed by atoms with van der Waals surface area (Å²) in [5, 5.41) is 0. The van der Waals surface area contributed by atoms with Gasteiger partial charge in [0.1, 0.15) is 0 Å². The van der Waals surface area contributed by atoms with Crippen LogP contribution in [-0.2, 0) is 21.8 Å². The molecule has 31 heavy (non-hydrogen) atoms. The minimum atomic E-state index is -3.23. The molecule has 0 saturated heterocycles. The van der Waals surface area contributed by atoms with E-state index in [0.717, 1.165) is 19.4 Å². The van der Waals surface area contributed by atoms with Crippen LogP contribution >= 0.6 is 24.8 Å². The molecule has 6 heteroatoms. The molecule has 0 aliphatic heterocycles. The Morgan fingerprint density at radius 1 is 0.935 bits per heavy atom. The minimum absolute atomic E-state index is 0. The summed E-state index contributed by atoms with van der Waals surface area (Å²) in [5.74, 6) is 0. The number of hydrogen-bond acceptors (Lipinski definition) is 1. The fraction of sp³-hybridized carbons (Fsp3) is 0.360. The second-order valence-electron chi connectivity index (χ2n) is 10.8. The van der Waals surface area contributed by atoms with Crippen molar-refractivity contribution in [2.75, 3.05) is 6.61 Å². The number of rotatable bonds is 6. The van der Waals surface area contributed by atoms with Crippen molar-refractivity contribution in [3.63, 3.8) is 0 Å².